The predicted molar refractivity (Wildman–Crippen MR) is 159 cm³/mol. The van der Waals surface area contributed by atoms with Crippen molar-refractivity contribution in [2.45, 2.75) is 85.1 Å². The summed E-state index contributed by atoms with van der Waals surface area (Å²) in [6.45, 7) is 8.12. The van der Waals surface area contributed by atoms with Gasteiger partial charge in [-0.25, -0.2) is 4.98 Å². The van der Waals surface area contributed by atoms with Gasteiger partial charge in [0.2, 0.25) is 0 Å². The molecule has 0 saturated heterocycles. The topological polar surface area (TPSA) is 56.1 Å². The number of unbranched alkanes of at least 4 members (excludes halogenated alkanes) is 1. The van der Waals surface area contributed by atoms with Gasteiger partial charge in [-0.1, -0.05) is 44.8 Å². The first-order valence-corrected chi connectivity index (χ1v) is 15.2. The van der Waals surface area contributed by atoms with E-state index >= 15 is 0 Å². The molecule has 1 N–H and O–H groups in total. The van der Waals surface area contributed by atoms with Crippen LogP contribution in [0.25, 0.3) is 22.0 Å². The lowest BCUT2D eigenvalue weighted by molar-refractivity contribution is 0.0945. The van der Waals surface area contributed by atoms with Crippen LogP contribution in [-0.2, 0) is 6.54 Å². The molecular formula is C32H43N3O2S. The summed E-state index contributed by atoms with van der Waals surface area (Å²) in [6.07, 6.45) is 13.1. The van der Waals surface area contributed by atoms with Crippen molar-refractivity contribution in [3.63, 3.8) is 0 Å². The van der Waals surface area contributed by atoms with Gasteiger partial charge in [0.15, 0.2) is 0 Å². The van der Waals surface area contributed by atoms with E-state index in [1.54, 1.807) is 24.0 Å². The summed E-state index contributed by atoms with van der Waals surface area (Å²) in [5, 5.41) is 6.33. The minimum absolute atomic E-state index is 0.0277. The number of carbonyl (C=O) groups is 1. The number of aromatic nitrogens is 2. The summed E-state index contributed by atoms with van der Waals surface area (Å²) in [5.74, 6) is 1.40. The van der Waals surface area contributed by atoms with E-state index in [1.165, 1.54) is 44.9 Å². The van der Waals surface area contributed by atoms with Crippen molar-refractivity contribution in [1.29, 1.82) is 0 Å². The number of thiazole rings is 1. The Morgan fingerprint density at radius 2 is 2.03 bits per heavy atom. The fourth-order valence-electron chi connectivity index (χ4n) is 5.30. The van der Waals surface area contributed by atoms with E-state index in [4.69, 9.17) is 9.72 Å². The fourth-order valence-corrected chi connectivity index (χ4v) is 6.12. The van der Waals surface area contributed by atoms with Gasteiger partial charge in [0.1, 0.15) is 10.8 Å². The van der Waals surface area contributed by atoms with E-state index in [-0.39, 0.29) is 5.91 Å². The second kappa shape index (κ2) is 13.8. The van der Waals surface area contributed by atoms with Gasteiger partial charge >= 0.3 is 0 Å². The number of hydrogen-bond donors (Lipinski definition) is 1. The third-order valence-corrected chi connectivity index (χ3v) is 8.74. The van der Waals surface area contributed by atoms with Crippen LogP contribution >= 0.6 is 11.3 Å². The molecule has 0 fully saturated rings. The Morgan fingerprint density at radius 3 is 2.71 bits per heavy atom. The highest BCUT2D eigenvalue weighted by Crippen LogP contribution is 2.33. The first-order chi connectivity index (χ1) is 18.5. The molecular weight excluding hydrogens is 490 g/mol. The molecule has 0 aliphatic heterocycles. The lowest BCUT2D eigenvalue weighted by Gasteiger charge is -2.16. The monoisotopic (exact) mass is 533 g/mol. The highest BCUT2D eigenvalue weighted by Gasteiger charge is 2.21. The summed E-state index contributed by atoms with van der Waals surface area (Å²) >= 11 is 1.64. The van der Waals surface area contributed by atoms with Crippen LogP contribution in [0.5, 0.6) is 5.75 Å². The molecule has 0 spiro atoms. The third-order valence-electron chi connectivity index (χ3n) is 7.85. The van der Waals surface area contributed by atoms with Crippen LogP contribution in [0.2, 0.25) is 0 Å². The van der Waals surface area contributed by atoms with Gasteiger partial charge in [0.05, 0.1) is 24.1 Å². The molecule has 1 aliphatic rings. The first-order valence-electron chi connectivity index (χ1n) is 14.3. The van der Waals surface area contributed by atoms with Crippen LogP contribution in [-0.4, -0.2) is 29.1 Å². The summed E-state index contributed by atoms with van der Waals surface area (Å²) < 4.78 is 7.62. The molecule has 0 radical (unpaired) electrons. The number of hydrogen-bond acceptors (Lipinski definition) is 4. The Morgan fingerprint density at radius 1 is 1.21 bits per heavy atom. The number of rotatable bonds is 13. The number of nitrogens with zero attached hydrogens (tertiary/aromatic N) is 2. The number of amides is 1. The molecule has 38 heavy (non-hydrogen) atoms. The lowest BCUT2D eigenvalue weighted by atomic mass is 9.97. The van der Waals surface area contributed by atoms with Crippen LogP contribution in [0.3, 0.4) is 0 Å². The summed E-state index contributed by atoms with van der Waals surface area (Å²) in [7, 11) is 1.68. The standard InChI is InChI=1S/C32H43N3O2S/c1-5-7-11-24(6-2)21-33-31(36)28-20-30(35(23(28)3)19-18-25-12-9-8-10-13-25)29-22-38-32(34-29)26-14-16-27(37-4)17-15-26/h12,14-17,20,22,24H,5-11,13,18-19,21H2,1-4H3,(H,33,36). The molecule has 0 bridgehead atoms. The minimum Gasteiger partial charge on any atom is -0.497 e. The van der Waals surface area contributed by atoms with Gasteiger partial charge < -0.3 is 14.6 Å². The first kappa shape index (κ1) is 28.2. The molecule has 1 aliphatic carbocycles. The number of ether oxygens (including phenoxy) is 1. The summed E-state index contributed by atoms with van der Waals surface area (Å²) in [5.41, 5.74) is 6.35. The molecule has 4 rings (SSSR count). The largest absolute Gasteiger partial charge is 0.497 e. The Kier molecular flexibility index (Phi) is 10.2. The van der Waals surface area contributed by atoms with Crippen molar-refractivity contribution in [2.75, 3.05) is 13.7 Å². The number of nitrogens with one attached hydrogen (secondary N) is 1. The molecule has 1 unspecified atom stereocenters. The second-order valence-corrected chi connectivity index (χ2v) is 11.3. The molecule has 1 amide bonds. The molecule has 1 aromatic carbocycles. The highest BCUT2D eigenvalue weighted by atomic mass is 32.1. The Bertz CT molecular complexity index is 1220. The van der Waals surface area contributed by atoms with Crippen LogP contribution in [0.15, 0.2) is 47.4 Å². The van der Waals surface area contributed by atoms with Crippen molar-refractivity contribution in [2.24, 2.45) is 5.92 Å². The quantitative estimate of drug-likeness (QED) is 0.224. The van der Waals surface area contributed by atoms with Crippen LogP contribution < -0.4 is 10.1 Å². The molecule has 1 atom stereocenters. The average Bonchev–Trinajstić information content (AvgIpc) is 3.57. The van der Waals surface area contributed by atoms with Crippen molar-refractivity contribution in [3.8, 4) is 27.7 Å². The maximum Gasteiger partial charge on any atom is 0.253 e. The maximum atomic E-state index is 13.4. The van der Waals surface area contributed by atoms with E-state index in [0.717, 1.165) is 64.9 Å². The van der Waals surface area contributed by atoms with Gasteiger partial charge in [-0.05, 0) is 81.7 Å². The zero-order valence-electron chi connectivity index (χ0n) is 23.5. The molecule has 2 aromatic heterocycles. The van der Waals surface area contributed by atoms with E-state index in [1.807, 2.05) is 24.3 Å². The summed E-state index contributed by atoms with van der Waals surface area (Å²) in [6, 6.07) is 10.1. The number of methoxy groups -OCH3 is 1. The Hall–Kier alpha value is -2.86. The van der Waals surface area contributed by atoms with Crippen molar-refractivity contribution in [1.82, 2.24) is 14.9 Å². The highest BCUT2D eigenvalue weighted by molar-refractivity contribution is 7.13. The number of carbonyl (C=O) groups excluding carboxylic acids is 1. The Balaban J connectivity index is 1.59. The van der Waals surface area contributed by atoms with Gasteiger partial charge in [-0.3, -0.25) is 4.79 Å². The van der Waals surface area contributed by atoms with Gasteiger partial charge in [-0.15, -0.1) is 11.3 Å². The smallest absolute Gasteiger partial charge is 0.253 e. The van der Waals surface area contributed by atoms with Crippen LogP contribution in [0.4, 0.5) is 0 Å². The molecule has 6 heteroatoms. The molecule has 5 nitrogen and oxygen atoms in total. The summed E-state index contributed by atoms with van der Waals surface area (Å²) in [4.78, 5) is 18.4. The van der Waals surface area contributed by atoms with Gasteiger partial charge in [0, 0.05) is 29.7 Å². The normalized spacial score (nSPS) is 14.3. The van der Waals surface area contributed by atoms with Gasteiger partial charge in [-0.2, -0.15) is 0 Å². The fraction of sp³-hybridized carbons (Fsp3) is 0.500. The van der Waals surface area contributed by atoms with E-state index in [2.05, 4.69) is 48.2 Å². The SMILES string of the molecule is CCCCC(CC)CNC(=O)c1cc(-c2csc(-c3ccc(OC)cc3)n2)n(CCC2=CCCCC2)c1C. The molecule has 0 saturated carbocycles. The Labute approximate surface area is 232 Å². The predicted octanol–water partition coefficient (Wildman–Crippen LogP) is 8.43. The number of allylic oxidation sites excluding steroid dienone is 2. The van der Waals surface area contributed by atoms with E-state index in [9.17, 15) is 4.79 Å². The molecule has 3 aromatic rings. The van der Waals surface area contributed by atoms with E-state index < -0.39 is 0 Å². The lowest BCUT2D eigenvalue weighted by Crippen LogP contribution is -2.29. The molecule has 2 heterocycles. The third kappa shape index (κ3) is 6.96. The average molecular weight is 534 g/mol. The van der Waals surface area contributed by atoms with E-state index in [0.29, 0.717) is 5.92 Å². The van der Waals surface area contributed by atoms with Crippen LogP contribution in [0.1, 0.15) is 87.7 Å². The second-order valence-electron chi connectivity index (χ2n) is 10.4. The van der Waals surface area contributed by atoms with Crippen molar-refractivity contribution in [3.05, 3.63) is 58.6 Å². The van der Waals surface area contributed by atoms with Crippen molar-refractivity contribution >= 4 is 17.2 Å². The van der Waals surface area contributed by atoms with Gasteiger partial charge in [0.25, 0.3) is 5.91 Å². The van der Waals surface area contributed by atoms with Crippen LogP contribution in [0, 0.1) is 12.8 Å². The van der Waals surface area contributed by atoms with Crippen molar-refractivity contribution < 1.29 is 9.53 Å². The zero-order valence-corrected chi connectivity index (χ0v) is 24.3. The zero-order chi connectivity index (χ0) is 26.9. The molecule has 204 valence electrons. The maximum absolute atomic E-state index is 13.4. The minimum atomic E-state index is 0.0277. The number of benzene rings is 1.